The van der Waals surface area contributed by atoms with Crippen LogP contribution >= 0.6 is 0 Å². The molecule has 2 atom stereocenters. The quantitative estimate of drug-likeness (QED) is 0.0716. The molecule has 0 N–H and O–H groups in total. The summed E-state index contributed by atoms with van der Waals surface area (Å²) < 4.78 is 47.2. The van der Waals surface area contributed by atoms with Gasteiger partial charge in [-0.25, -0.2) is 13.0 Å². The zero-order chi connectivity index (χ0) is 26.8. The standard InChI is InChI=1S/C30H51NO5S/c1-3-5-7-9-10-11-12-14-18-27(17-13-8-6-4-2)25-35-26-30(36-37(32,33)34)24-31-22-21-28-19-15-16-20-29(28)23-31/h15-16,19-20,23,27,30H,3-14,17-18,21-22,24-26H2,1-2H3. The summed E-state index contributed by atoms with van der Waals surface area (Å²) in [5.74, 6) is 0.467. The predicted octanol–water partition coefficient (Wildman–Crippen LogP) is 6.65. The van der Waals surface area contributed by atoms with E-state index in [1.165, 1.54) is 82.6 Å². The van der Waals surface area contributed by atoms with Crippen LogP contribution in [0.2, 0.25) is 0 Å². The minimum Gasteiger partial charge on any atom is -0.726 e. The topological polar surface area (TPSA) is 78.7 Å². The smallest absolute Gasteiger partial charge is 0.218 e. The van der Waals surface area contributed by atoms with Crippen LogP contribution in [0.1, 0.15) is 115 Å². The molecule has 2 rings (SSSR count). The Hall–Kier alpha value is -1.28. The van der Waals surface area contributed by atoms with Gasteiger partial charge in [0.05, 0.1) is 6.61 Å². The van der Waals surface area contributed by atoms with E-state index in [9.17, 15) is 13.0 Å². The molecule has 0 saturated carbocycles. The SMILES string of the molecule is CCCCCCCCCCC(CCCCCC)COCC(C[N+]1=Cc2ccccc2CC1)OS(=O)(=O)[O-]. The van der Waals surface area contributed by atoms with E-state index < -0.39 is 16.5 Å². The first kappa shape index (κ1) is 31.9. The van der Waals surface area contributed by atoms with E-state index >= 15 is 0 Å². The Morgan fingerprint density at radius 3 is 2.11 bits per heavy atom. The van der Waals surface area contributed by atoms with Gasteiger partial charge in [0, 0.05) is 18.6 Å². The third-order valence-electron chi connectivity index (χ3n) is 7.33. The first-order valence-electron chi connectivity index (χ1n) is 14.8. The highest BCUT2D eigenvalue weighted by atomic mass is 32.3. The molecule has 0 aliphatic carbocycles. The molecule has 1 aliphatic heterocycles. The molecule has 6 nitrogen and oxygen atoms in total. The second kappa shape index (κ2) is 18.9. The van der Waals surface area contributed by atoms with Crippen LogP contribution in [0.25, 0.3) is 0 Å². The highest BCUT2D eigenvalue weighted by Crippen LogP contribution is 2.20. The van der Waals surface area contributed by atoms with Gasteiger partial charge in [-0.15, -0.1) is 0 Å². The Bertz CT molecular complexity index is 870. The predicted molar refractivity (Wildman–Crippen MR) is 150 cm³/mol. The number of unbranched alkanes of at least 4 members (excludes halogenated alkanes) is 10. The van der Waals surface area contributed by atoms with Crippen molar-refractivity contribution in [2.45, 2.75) is 116 Å². The molecule has 1 aliphatic rings. The van der Waals surface area contributed by atoms with Crippen LogP contribution in [0.3, 0.4) is 0 Å². The van der Waals surface area contributed by atoms with Crippen LogP contribution in [0.15, 0.2) is 24.3 Å². The maximum Gasteiger partial charge on any atom is 0.218 e. The van der Waals surface area contributed by atoms with Crippen molar-refractivity contribution in [1.82, 2.24) is 0 Å². The lowest BCUT2D eigenvalue weighted by Gasteiger charge is -2.22. The van der Waals surface area contributed by atoms with Crippen LogP contribution in [-0.2, 0) is 25.7 Å². The summed E-state index contributed by atoms with van der Waals surface area (Å²) in [6.45, 7) is 6.25. The van der Waals surface area contributed by atoms with Crippen molar-refractivity contribution in [2.24, 2.45) is 5.92 Å². The molecule has 0 fully saturated rings. The summed E-state index contributed by atoms with van der Waals surface area (Å²) in [5, 5.41) is 0. The first-order valence-corrected chi connectivity index (χ1v) is 16.1. The number of nitrogens with zero attached hydrogens (tertiary/aromatic N) is 1. The molecule has 1 aromatic rings. The zero-order valence-corrected chi connectivity index (χ0v) is 24.2. The number of benzene rings is 1. The molecule has 212 valence electrons. The average Bonchev–Trinajstić information content (AvgIpc) is 2.86. The van der Waals surface area contributed by atoms with Crippen LogP contribution in [-0.4, -0.2) is 56.2 Å². The molecule has 1 aromatic carbocycles. The molecule has 0 bridgehead atoms. The summed E-state index contributed by atoms with van der Waals surface area (Å²) in [4.78, 5) is 0. The van der Waals surface area contributed by atoms with Crippen molar-refractivity contribution in [2.75, 3.05) is 26.3 Å². The lowest BCUT2D eigenvalue weighted by Crippen LogP contribution is -2.36. The molecule has 0 aromatic heterocycles. The molecule has 1 heterocycles. The third kappa shape index (κ3) is 15.0. The maximum absolute atomic E-state index is 11.4. The number of fused-ring (bicyclic) bond motifs is 1. The third-order valence-corrected chi connectivity index (χ3v) is 7.83. The van der Waals surface area contributed by atoms with Crippen molar-refractivity contribution in [1.29, 1.82) is 0 Å². The molecule has 7 heteroatoms. The van der Waals surface area contributed by atoms with Crippen molar-refractivity contribution >= 4 is 16.6 Å². The van der Waals surface area contributed by atoms with Crippen molar-refractivity contribution in [3.05, 3.63) is 35.4 Å². The summed E-state index contributed by atoms with van der Waals surface area (Å²) in [6, 6.07) is 8.17. The van der Waals surface area contributed by atoms with Crippen LogP contribution in [0, 0.1) is 5.92 Å². The van der Waals surface area contributed by atoms with Gasteiger partial charge in [-0.1, -0.05) is 109 Å². The fourth-order valence-corrected chi connectivity index (χ4v) is 5.65. The van der Waals surface area contributed by atoms with Crippen LogP contribution in [0.5, 0.6) is 0 Å². The van der Waals surface area contributed by atoms with Crippen molar-refractivity contribution < 1.29 is 26.5 Å². The molecular formula is C30H51NO5S. The minimum absolute atomic E-state index is 0.107. The molecule has 0 amide bonds. The Morgan fingerprint density at radius 2 is 1.46 bits per heavy atom. The van der Waals surface area contributed by atoms with Gasteiger partial charge in [0.15, 0.2) is 18.9 Å². The molecular weight excluding hydrogens is 486 g/mol. The van der Waals surface area contributed by atoms with Gasteiger partial charge in [0.1, 0.15) is 6.54 Å². The Labute approximate surface area is 226 Å². The van der Waals surface area contributed by atoms with E-state index in [1.54, 1.807) is 0 Å². The summed E-state index contributed by atoms with van der Waals surface area (Å²) in [6.07, 6.45) is 19.8. The molecule has 0 spiro atoms. The lowest BCUT2D eigenvalue weighted by molar-refractivity contribution is -0.532. The summed E-state index contributed by atoms with van der Waals surface area (Å²) in [7, 11) is -4.81. The van der Waals surface area contributed by atoms with Gasteiger partial charge in [0.25, 0.3) is 0 Å². The highest BCUT2D eigenvalue weighted by molar-refractivity contribution is 7.80. The normalized spacial score (nSPS) is 15.3. The van der Waals surface area contributed by atoms with Gasteiger partial charge >= 0.3 is 0 Å². The Kier molecular flexibility index (Phi) is 16.3. The van der Waals surface area contributed by atoms with Crippen molar-refractivity contribution in [3.63, 3.8) is 0 Å². The molecule has 2 unspecified atom stereocenters. The van der Waals surface area contributed by atoms with Gasteiger partial charge in [0.2, 0.25) is 10.4 Å². The number of rotatable bonds is 22. The van der Waals surface area contributed by atoms with E-state index in [4.69, 9.17) is 8.92 Å². The first-order chi connectivity index (χ1) is 17.9. The zero-order valence-electron chi connectivity index (χ0n) is 23.4. The highest BCUT2D eigenvalue weighted by Gasteiger charge is 2.23. The summed E-state index contributed by atoms with van der Waals surface area (Å²) in [5.41, 5.74) is 2.40. The monoisotopic (exact) mass is 537 g/mol. The van der Waals surface area contributed by atoms with E-state index in [0.717, 1.165) is 31.4 Å². The molecule has 37 heavy (non-hydrogen) atoms. The van der Waals surface area contributed by atoms with Crippen LogP contribution < -0.4 is 0 Å². The summed E-state index contributed by atoms with van der Waals surface area (Å²) >= 11 is 0. The average molecular weight is 538 g/mol. The second-order valence-electron chi connectivity index (χ2n) is 10.7. The van der Waals surface area contributed by atoms with E-state index in [-0.39, 0.29) is 6.61 Å². The van der Waals surface area contributed by atoms with E-state index in [0.29, 0.717) is 19.1 Å². The van der Waals surface area contributed by atoms with Gasteiger partial charge in [-0.3, -0.25) is 4.18 Å². The Balaban J connectivity index is 1.83. The van der Waals surface area contributed by atoms with E-state index in [1.807, 2.05) is 29.0 Å². The van der Waals surface area contributed by atoms with Gasteiger partial charge < -0.3 is 9.29 Å². The Morgan fingerprint density at radius 1 is 0.865 bits per heavy atom. The van der Waals surface area contributed by atoms with Gasteiger partial charge in [-0.05, 0) is 30.4 Å². The fourth-order valence-electron chi connectivity index (χ4n) is 5.20. The van der Waals surface area contributed by atoms with Crippen molar-refractivity contribution in [3.8, 4) is 0 Å². The fraction of sp³-hybridized carbons (Fsp3) is 0.767. The van der Waals surface area contributed by atoms with Gasteiger partial charge in [-0.2, -0.15) is 0 Å². The number of hydrogen-bond donors (Lipinski definition) is 0. The number of hydrogen-bond acceptors (Lipinski definition) is 5. The largest absolute Gasteiger partial charge is 0.726 e. The molecule has 0 saturated heterocycles. The van der Waals surface area contributed by atoms with E-state index in [2.05, 4.69) is 19.9 Å². The molecule has 0 radical (unpaired) electrons. The second-order valence-corrected chi connectivity index (χ2v) is 11.7. The van der Waals surface area contributed by atoms with Crippen LogP contribution in [0.4, 0.5) is 0 Å². The number of ether oxygens (including phenoxy) is 1. The minimum atomic E-state index is -4.81. The maximum atomic E-state index is 11.4. The lowest BCUT2D eigenvalue weighted by atomic mass is 9.95.